The maximum atomic E-state index is 3.93. The van der Waals surface area contributed by atoms with Crippen molar-refractivity contribution in [2.24, 2.45) is 0 Å². The van der Waals surface area contributed by atoms with Gasteiger partial charge in [-0.25, -0.2) is 4.68 Å². The highest BCUT2D eigenvalue weighted by Gasteiger charge is 2.03. The fourth-order valence-corrected chi connectivity index (χ4v) is 1.65. The van der Waals surface area contributed by atoms with E-state index in [0.717, 1.165) is 6.42 Å². The van der Waals surface area contributed by atoms with Crippen molar-refractivity contribution in [2.45, 2.75) is 26.4 Å². The van der Waals surface area contributed by atoms with Crippen LogP contribution in [0, 0.1) is 0 Å². The van der Waals surface area contributed by atoms with Crippen LogP contribution in [0.3, 0.4) is 0 Å². The van der Waals surface area contributed by atoms with Crippen LogP contribution in [0.1, 0.15) is 18.1 Å². The molecule has 5 heteroatoms. The molecule has 94 valence electrons. The zero-order valence-corrected chi connectivity index (χ0v) is 10.5. The second-order valence-electron chi connectivity index (χ2n) is 4.00. The van der Waals surface area contributed by atoms with E-state index in [1.54, 1.807) is 10.8 Å². The first-order chi connectivity index (χ1) is 8.83. The van der Waals surface area contributed by atoms with Crippen LogP contribution >= 0.6 is 0 Å². The number of rotatable bonds is 6. The number of aryl methyl sites for hydroxylation is 1. The second-order valence-corrected chi connectivity index (χ2v) is 4.00. The van der Waals surface area contributed by atoms with E-state index in [9.17, 15) is 0 Å². The predicted molar refractivity (Wildman–Crippen MR) is 71.2 cm³/mol. The van der Waals surface area contributed by atoms with Gasteiger partial charge in [-0.3, -0.25) is 0 Å². The molecule has 0 aliphatic rings. The summed E-state index contributed by atoms with van der Waals surface area (Å²) < 4.78 is 1.67. The van der Waals surface area contributed by atoms with Crippen molar-refractivity contribution in [2.75, 3.05) is 5.32 Å². The molecule has 0 atom stereocenters. The number of aromatic nitrogens is 4. The van der Waals surface area contributed by atoms with Crippen molar-refractivity contribution in [1.82, 2.24) is 20.2 Å². The van der Waals surface area contributed by atoms with Crippen LogP contribution in [0.5, 0.6) is 0 Å². The number of hydrogen-bond acceptors (Lipinski definition) is 4. The minimum atomic E-state index is 0.601. The minimum Gasteiger partial charge on any atom is -0.349 e. The van der Waals surface area contributed by atoms with E-state index in [1.807, 2.05) is 0 Å². The number of tetrazole rings is 1. The Hall–Kier alpha value is -2.17. The molecule has 5 nitrogen and oxygen atoms in total. The summed E-state index contributed by atoms with van der Waals surface area (Å²) in [5.41, 5.74) is 2.55. The van der Waals surface area contributed by atoms with Crippen LogP contribution in [0.2, 0.25) is 0 Å². The van der Waals surface area contributed by atoms with Gasteiger partial charge in [0.1, 0.15) is 0 Å². The van der Waals surface area contributed by atoms with E-state index in [4.69, 9.17) is 0 Å². The summed E-state index contributed by atoms with van der Waals surface area (Å²) in [6.45, 7) is 7.13. The molecule has 0 saturated heterocycles. The average molecular weight is 243 g/mol. The summed E-state index contributed by atoms with van der Waals surface area (Å²) in [5, 5.41) is 14.6. The first-order valence-electron chi connectivity index (χ1n) is 6.02. The predicted octanol–water partition coefficient (Wildman–Crippen LogP) is 2.03. The second kappa shape index (κ2) is 5.95. The molecule has 2 rings (SSSR count). The highest BCUT2D eigenvalue weighted by molar-refractivity contribution is 5.28. The monoisotopic (exact) mass is 243 g/mol. The van der Waals surface area contributed by atoms with Gasteiger partial charge in [-0.1, -0.05) is 42.4 Å². The molecule has 0 radical (unpaired) electrons. The topological polar surface area (TPSA) is 55.6 Å². The molecule has 0 amide bonds. The van der Waals surface area contributed by atoms with E-state index in [0.29, 0.717) is 19.0 Å². The Bertz CT molecular complexity index is 500. The first kappa shape index (κ1) is 12.3. The van der Waals surface area contributed by atoms with Crippen molar-refractivity contribution in [1.29, 1.82) is 0 Å². The summed E-state index contributed by atoms with van der Waals surface area (Å²) in [4.78, 5) is 0. The molecule has 0 bridgehead atoms. The van der Waals surface area contributed by atoms with E-state index >= 15 is 0 Å². The van der Waals surface area contributed by atoms with Gasteiger partial charge in [-0.05, 0) is 28.0 Å². The van der Waals surface area contributed by atoms with E-state index in [1.165, 1.54) is 11.1 Å². The Kier molecular flexibility index (Phi) is 4.06. The zero-order valence-electron chi connectivity index (χ0n) is 10.5. The fourth-order valence-electron chi connectivity index (χ4n) is 1.65. The Morgan fingerprint density at radius 2 is 2.00 bits per heavy atom. The molecular weight excluding hydrogens is 226 g/mol. The maximum Gasteiger partial charge on any atom is 0.243 e. The number of anilines is 1. The van der Waals surface area contributed by atoms with Crippen molar-refractivity contribution in [3.8, 4) is 0 Å². The van der Waals surface area contributed by atoms with Gasteiger partial charge in [0.15, 0.2) is 0 Å². The Labute approximate surface area is 107 Å². The molecule has 1 aromatic carbocycles. The molecule has 0 aliphatic heterocycles. The number of nitrogens with one attached hydrogen (secondary N) is 1. The lowest BCUT2D eigenvalue weighted by Crippen LogP contribution is -2.08. The van der Waals surface area contributed by atoms with E-state index < -0.39 is 0 Å². The third-order valence-electron chi connectivity index (χ3n) is 2.72. The third-order valence-corrected chi connectivity index (χ3v) is 2.72. The number of benzene rings is 1. The molecule has 0 spiro atoms. The van der Waals surface area contributed by atoms with Gasteiger partial charge in [-0.15, -0.1) is 6.58 Å². The highest BCUT2D eigenvalue weighted by Crippen LogP contribution is 2.07. The molecule has 1 aromatic heterocycles. The van der Waals surface area contributed by atoms with E-state index in [-0.39, 0.29) is 0 Å². The normalized spacial score (nSPS) is 10.3. The van der Waals surface area contributed by atoms with Crippen LogP contribution in [0.25, 0.3) is 0 Å². The Morgan fingerprint density at radius 1 is 1.28 bits per heavy atom. The van der Waals surface area contributed by atoms with E-state index in [2.05, 4.69) is 58.6 Å². The van der Waals surface area contributed by atoms with Gasteiger partial charge < -0.3 is 5.32 Å². The van der Waals surface area contributed by atoms with Gasteiger partial charge in [0.25, 0.3) is 0 Å². The summed E-state index contributed by atoms with van der Waals surface area (Å²) >= 11 is 0. The highest BCUT2D eigenvalue weighted by atomic mass is 15.6. The summed E-state index contributed by atoms with van der Waals surface area (Å²) in [7, 11) is 0. The average Bonchev–Trinajstić information content (AvgIpc) is 2.85. The first-order valence-corrected chi connectivity index (χ1v) is 6.02. The largest absolute Gasteiger partial charge is 0.349 e. The molecule has 0 unspecified atom stereocenters. The smallest absolute Gasteiger partial charge is 0.243 e. The fraction of sp³-hybridized carbons (Fsp3) is 0.308. The summed E-state index contributed by atoms with van der Waals surface area (Å²) in [6, 6.07) is 8.52. The maximum absolute atomic E-state index is 3.93. The minimum absolute atomic E-state index is 0.601. The number of allylic oxidation sites excluding steroid dienone is 1. The quantitative estimate of drug-likeness (QED) is 0.789. The lowest BCUT2D eigenvalue weighted by molar-refractivity contribution is 0.663. The standard InChI is InChI=1S/C13H17N5/c1-3-9-18-13(15-16-17-18)14-10-12-7-5-11(4-2)6-8-12/h3,5-8H,1,4,9-10H2,2H3,(H,14,15,17). The van der Waals surface area contributed by atoms with Crippen LogP contribution in [-0.4, -0.2) is 20.2 Å². The Balaban J connectivity index is 1.97. The van der Waals surface area contributed by atoms with Crippen molar-refractivity contribution in [3.63, 3.8) is 0 Å². The van der Waals surface area contributed by atoms with Gasteiger partial charge in [-0.2, -0.15) is 0 Å². The van der Waals surface area contributed by atoms with Crippen LogP contribution in [-0.2, 0) is 19.5 Å². The van der Waals surface area contributed by atoms with Crippen LogP contribution < -0.4 is 5.32 Å². The summed E-state index contributed by atoms with van der Waals surface area (Å²) in [5.74, 6) is 0.662. The van der Waals surface area contributed by atoms with Crippen molar-refractivity contribution < 1.29 is 0 Å². The van der Waals surface area contributed by atoms with Crippen molar-refractivity contribution >= 4 is 5.95 Å². The zero-order chi connectivity index (χ0) is 12.8. The van der Waals surface area contributed by atoms with Gasteiger partial charge in [0.2, 0.25) is 5.95 Å². The molecular formula is C13H17N5. The lowest BCUT2D eigenvalue weighted by atomic mass is 10.1. The van der Waals surface area contributed by atoms with Crippen LogP contribution in [0.15, 0.2) is 36.9 Å². The molecule has 2 aromatic rings. The molecule has 1 heterocycles. The molecule has 0 saturated carbocycles. The number of hydrogen-bond donors (Lipinski definition) is 1. The summed E-state index contributed by atoms with van der Waals surface area (Å²) in [6.07, 6.45) is 2.82. The van der Waals surface area contributed by atoms with Gasteiger partial charge >= 0.3 is 0 Å². The van der Waals surface area contributed by atoms with Gasteiger partial charge in [0.05, 0.1) is 6.54 Å². The van der Waals surface area contributed by atoms with Crippen molar-refractivity contribution in [3.05, 3.63) is 48.0 Å². The molecule has 1 N–H and O–H groups in total. The van der Waals surface area contributed by atoms with Gasteiger partial charge in [0, 0.05) is 6.54 Å². The van der Waals surface area contributed by atoms with Crippen LogP contribution in [0.4, 0.5) is 5.95 Å². The molecule has 0 aliphatic carbocycles. The number of nitrogens with zero attached hydrogens (tertiary/aromatic N) is 4. The lowest BCUT2D eigenvalue weighted by Gasteiger charge is -2.06. The molecule has 18 heavy (non-hydrogen) atoms. The molecule has 0 fully saturated rings. The Morgan fingerprint density at radius 3 is 2.67 bits per heavy atom. The SMILES string of the molecule is C=CCn1nnnc1NCc1ccc(CC)cc1. The third kappa shape index (κ3) is 2.94.